The Kier molecular flexibility index (Phi) is 2.87. The highest BCUT2D eigenvalue weighted by atomic mass is 16.4. The fourth-order valence-electron chi connectivity index (χ4n) is 2.41. The van der Waals surface area contributed by atoms with Crippen LogP contribution >= 0.6 is 0 Å². The highest BCUT2D eigenvalue weighted by molar-refractivity contribution is 5.85. The molecule has 0 radical (unpaired) electrons. The van der Waals surface area contributed by atoms with E-state index < -0.39 is 5.97 Å². The third kappa shape index (κ3) is 2.43. The minimum Gasteiger partial charge on any atom is -0.476 e. The lowest BCUT2D eigenvalue weighted by molar-refractivity contribution is 0.0689. The van der Waals surface area contributed by atoms with E-state index in [4.69, 9.17) is 5.11 Å². The monoisotopic (exact) mass is 248 g/mol. The van der Waals surface area contributed by atoms with Crippen molar-refractivity contribution in [2.75, 3.05) is 18.4 Å². The van der Waals surface area contributed by atoms with Gasteiger partial charge in [-0.1, -0.05) is 0 Å². The van der Waals surface area contributed by atoms with E-state index in [0.717, 1.165) is 25.6 Å². The molecule has 3 rings (SSSR count). The first-order valence-corrected chi connectivity index (χ1v) is 6.30. The van der Waals surface area contributed by atoms with Gasteiger partial charge in [-0.15, -0.1) is 10.2 Å². The highest BCUT2D eigenvalue weighted by Gasteiger charge is 2.34. The normalized spacial score (nSPS) is 24.1. The van der Waals surface area contributed by atoms with Crippen molar-refractivity contribution in [3.8, 4) is 0 Å². The summed E-state index contributed by atoms with van der Waals surface area (Å²) in [6.45, 7) is 2.19. The average Bonchev–Trinajstić information content (AvgIpc) is 3.11. The van der Waals surface area contributed by atoms with Crippen LogP contribution < -0.4 is 5.32 Å². The predicted molar refractivity (Wildman–Crippen MR) is 65.6 cm³/mol. The van der Waals surface area contributed by atoms with Crippen molar-refractivity contribution in [2.45, 2.75) is 31.3 Å². The number of aromatic nitrogens is 2. The quantitative estimate of drug-likeness (QED) is 0.821. The van der Waals surface area contributed by atoms with E-state index in [0.29, 0.717) is 11.9 Å². The molecule has 0 spiro atoms. The summed E-state index contributed by atoms with van der Waals surface area (Å²) in [5, 5.41) is 19.6. The number of nitrogens with one attached hydrogen (secondary N) is 1. The molecule has 1 saturated heterocycles. The Morgan fingerprint density at radius 1 is 1.33 bits per heavy atom. The zero-order valence-electron chi connectivity index (χ0n) is 10.0. The lowest BCUT2D eigenvalue weighted by Crippen LogP contribution is -2.28. The molecule has 0 bridgehead atoms. The highest BCUT2D eigenvalue weighted by Crippen LogP contribution is 2.30. The number of aromatic carboxylic acids is 1. The Bertz CT molecular complexity index is 444. The lowest BCUT2D eigenvalue weighted by Gasteiger charge is -2.15. The number of carboxylic acids is 1. The van der Waals surface area contributed by atoms with Crippen molar-refractivity contribution in [1.82, 2.24) is 15.1 Å². The van der Waals surface area contributed by atoms with Crippen molar-refractivity contribution in [3.05, 3.63) is 17.8 Å². The molecule has 2 heterocycles. The second-order valence-electron chi connectivity index (χ2n) is 4.97. The van der Waals surface area contributed by atoms with Gasteiger partial charge in [0.25, 0.3) is 0 Å². The van der Waals surface area contributed by atoms with Crippen molar-refractivity contribution in [2.24, 2.45) is 0 Å². The second-order valence-corrected chi connectivity index (χ2v) is 4.97. The average molecular weight is 248 g/mol. The molecule has 6 heteroatoms. The maximum absolute atomic E-state index is 10.7. The van der Waals surface area contributed by atoms with Gasteiger partial charge in [-0.05, 0) is 31.4 Å². The zero-order valence-corrected chi connectivity index (χ0v) is 10.0. The summed E-state index contributed by atoms with van der Waals surface area (Å²) in [5.41, 5.74) is -0.0217. The third-order valence-corrected chi connectivity index (χ3v) is 3.52. The second kappa shape index (κ2) is 4.53. The summed E-state index contributed by atoms with van der Waals surface area (Å²) in [6, 6.07) is 4.36. The van der Waals surface area contributed by atoms with E-state index in [1.54, 1.807) is 6.07 Å². The molecule has 1 aromatic rings. The Balaban J connectivity index is 1.57. The fourth-order valence-corrected chi connectivity index (χ4v) is 2.41. The fraction of sp³-hybridized carbons (Fsp3) is 0.583. The minimum atomic E-state index is -1.05. The van der Waals surface area contributed by atoms with Crippen LogP contribution in [0, 0.1) is 0 Å². The van der Waals surface area contributed by atoms with Gasteiger partial charge < -0.3 is 10.4 Å². The maximum Gasteiger partial charge on any atom is 0.356 e. The SMILES string of the molecule is O=C(O)c1ccc(NC2CCN(C3CC3)C2)nn1. The van der Waals surface area contributed by atoms with Gasteiger partial charge in [0, 0.05) is 25.2 Å². The van der Waals surface area contributed by atoms with Crippen molar-refractivity contribution >= 4 is 11.8 Å². The number of rotatable bonds is 4. The summed E-state index contributed by atoms with van der Waals surface area (Å²) in [7, 11) is 0. The first-order valence-electron chi connectivity index (χ1n) is 6.30. The topological polar surface area (TPSA) is 78.4 Å². The van der Waals surface area contributed by atoms with Crippen LogP contribution in [-0.4, -0.2) is 51.3 Å². The smallest absolute Gasteiger partial charge is 0.356 e. The van der Waals surface area contributed by atoms with Gasteiger partial charge in [0.15, 0.2) is 5.69 Å². The lowest BCUT2D eigenvalue weighted by atomic mass is 10.2. The van der Waals surface area contributed by atoms with Crippen LogP contribution in [0.2, 0.25) is 0 Å². The Morgan fingerprint density at radius 3 is 2.78 bits per heavy atom. The van der Waals surface area contributed by atoms with Gasteiger partial charge >= 0.3 is 5.97 Å². The molecule has 2 N–H and O–H groups in total. The molecule has 18 heavy (non-hydrogen) atoms. The molecule has 2 aliphatic rings. The number of anilines is 1. The van der Waals surface area contributed by atoms with Crippen LogP contribution in [0.1, 0.15) is 29.8 Å². The van der Waals surface area contributed by atoms with Crippen LogP contribution in [-0.2, 0) is 0 Å². The number of hydrogen-bond donors (Lipinski definition) is 2. The van der Waals surface area contributed by atoms with E-state index in [9.17, 15) is 4.79 Å². The van der Waals surface area contributed by atoms with Crippen LogP contribution in [0.4, 0.5) is 5.82 Å². The number of nitrogens with zero attached hydrogens (tertiary/aromatic N) is 3. The van der Waals surface area contributed by atoms with Crippen molar-refractivity contribution in [1.29, 1.82) is 0 Å². The summed E-state index contributed by atoms with van der Waals surface area (Å²) >= 11 is 0. The molecule has 0 amide bonds. The van der Waals surface area contributed by atoms with Gasteiger partial charge in [0.2, 0.25) is 0 Å². The van der Waals surface area contributed by atoms with E-state index in [1.165, 1.54) is 18.9 Å². The maximum atomic E-state index is 10.7. The van der Waals surface area contributed by atoms with E-state index in [1.807, 2.05) is 0 Å². The third-order valence-electron chi connectivity index (χ3n) is 3.52. The largest absolute Gasteiger partial charge is 0.476 e. The molecule has 1 atom stereocenters. The van der Waals surface area contributed by atoms with Crippen molar-refractivity contribution in [3.63, 3.8) is 0 Å². The van der Waals surface area contributed by atoms with Crippen LogP contribution in [0.3, 0.4) is 0 Å². The molecule has 1 aliphatic carbocycles. The van der Waals surface area contributed by atoms with Gasteiger partial charge in [-0.25, -0.2) is 4.79 Å². The van der Waals surface area contributed by atoms with Crippen LogP contribution in [0.5, 0.6) is 0 Å². The van der Waals surface area contributed by atoms with Gasteiger partial charge in [-0.2, -0.15) is 0 Å². The molecule has 1 saturated carbocycles. The molecule has 6 nitrogen and oxygen atoms in total. The summed E-state index contributed by atoms with van der Waals surface area (Å²) < 4.78 is 0. The molecular weight excluding hydrogens is 232 g/mol. The number of carboxylic acid groups (broad SMARTS) is 1. The van der Waals surface area contributed by atoms with Crippen LogP contribution in [0.15, 0.2) is 12.1 Å². The first-order chi connectivity index (χ1) is 8.72. The Hall–Kier alpha value is -1.69. The summed E-state index contributed by atoms with van der Waals surface area (Å²) in [5.74, 6) is -0.391. The molecule has 1 aliphatic heterocycles. The van der Waals surface area contributed by atoms with Crippen molar-refractivity contribution < 1.29 is 9.90 Å². The molecule has 2 fully saturated rings. The van der Waals surface area contributed by atoms with Gasteiger partial charge in [0.1, 0.15) is 5.82 Å². The Labute approximate surface area is 105 Å². The summed E-state index contributed by atoms with van der Waals surface area (Å²) in [4.78, 5) is 13.2. The zero-order chi connectivity index (χ0) is 12.5. The van der Waals surface area contributed by atoms with E-state index in [2.05, 4.69) is 20.4 Å². The predicted octanol–water partition coefficient (Wildman–Crippen LogP) is 0.823. The summed E-state index contributed by atoms with van der Waals surface area (Å²) in [6.07, 6.45) is 3.78. The molecule has 1 aromatic heterocycles. The Morgan fingerprint density at radius 2 is 2.17 bits per heavy atom. The number of likely N-dealkylation sites (tertiary alicyclic amines) is 1. The molecule has 96 valence electrons. The molecular formula is C12H16N4O2. The van der Waals surface area contributed by atoms with Gasteiger partial charge in [-0.3, -0.25) is 4.90 Å². The standard InChI is InChI=1S/C12H16N4O2/c17-12(18)10-3-4-11(15-14-10)13-8-5-6-16(7-8)9-1-2-9/h3-4,8-9H,1-2,5-7H2,(H,13,15)(H,17,18). The number of carbonyl (C=O) groups is 1. The van der Waals surface area contributed by atoms with Gasteiger partial charge in [0.05, 0.1) is 0 Å². The van der Waals surface area contributed by atoms with E-state index >= 15 is 0 Å². The number of hydrogen-bond acceptors (Lipinski definition) is 5. The molecule has 0 aromatic carbocycles. The molecule has 1 unspecified atom stereocenters. The first kappa shape index (κ1) is 11.4. The minimum absolute atomic E-state index is 0.0217. The van der Waals surface area contributed by atoms with Crippen LogP contribution in [0.25, 0.3) is 0 Å². The van der Waals surface area contributed by atoms with E-state index in [-0.39, 0.29) is 5.69 Å².